The van der Waals surface area contributed by atoms with Gasteiger partial charge in [0.1, 0.15) is 0 Å². The van der Waals surface area contributed by atoms with Gasteiger partial charge in [0.2, 0.25) is 0 Å². The van der Waals surface area contributed by atoms with Crippen molar-refractivity contribution in [2.24, 2.45) is 0 Å². The Morgan fingerprint density at radius 2 is 2.10 bits per heavy atom. The lowest BCUT2D eigenvalue weighted by Crippen LogP contribution is -2.18. The molecule has 5 heteroatoms. The van der Waals surface area contributed by atoms with E-state index in [4.69, 9.17) is 11.6 Å². The molecule has 0 spiro atoms. The van der Waals surface area contributed by atoms with Gasteiger partial charge < -0.3 is 4.90 Å². The Kier molecular flexibility index (Phi) is 4.69. The Bertz CT molecular complexity index is 646. The molecule has 0 radical (unpaired) electrons. The summed E-state index contributed by atoms with van der Waals surface area (Å²) < 4.78 is 0. The number of carbonyl (C=O) groups excluding carboxylic acids is 1. The van der Waals surface area contributed by atoms with Crippen LogP contribution in [0.25, 0.3) is 0 Å². The molecular weight excluding hydrogens is 304 g/mol. The van der Waals surface area contributed by atoms with Crippen molar-refractivity contribution < 1.29 is 4.79 Å². The molecule has 0 saturated heterocycles. The van der Waals surface area contributed by atoms with Gasteiger partial charge in [0.25, 0.3) is 0 Å². The number of aldehydes is 1. The van der Waals surface area contributed by atoms with Crippen LogP contribution in [-0.2, 0) is 12.0 Å². The predicted molar refractivity (Wildman–Crippen MR) is 89.8 cm³/mol. The van der Waals surface area contributed by atoms with Gasteiger partial charge in [-0.15, -0.1) is 0 Å². The van der Waals surface area contributed by atoms with Crippen LogP contribution in [0.1, 0.15) is 41.7 Å². The number of benzene rings is 1. The van der Waals surface area contributed by atoms with Crippen molar-refractivity contribution in [3.05, 3.63) is 45.4 Å². The van der Waals surface area contributed by atoms with Crippen LogP contribution in [0.3, 0.4) is 0 Å². The molecule has 112 valence electrons. The van der Waals surface area contributed by atoms with Gasteiger partial charge >= 0.3 is 0 Å². The molecule has 0 saturated carbocycles. The number of hydrogen-bond donors (Lipinski definition) is 0. The van der Waals surface area contributed by atoms with E-state index >= 15 is 0 Å². The molecule has 0 atom stereocenters. The zero-order valence-electron chi connectivity index (χ0n) is 12.7. The number of rotatable bonds is 4. The second-order valence-electron chi connectivity index (χ2n) is 6.06. The fraction of sp³-hybridized carbons (Fsp3) is 0.375. The molecule has 0 fully saturated rings. The van der Waals surface area contributed by atoms with E-state index in [2.05, 4.69) is 25.8 Å². The van der Waals surface area contributed by atoms with Crippen LogP contribution in [0.5, 0.6) is 0 Å². The van der Waals surface area contributed by atoms with Gasteiger partial charge in [0, 0.05) is 24.0 Å². The topological polar surface area (TPSA) is 33.2 Å². The summed E-state index contributed by atoms with van der Waals surface area (Å²) in [7, 11) is 1.97. The molecule has 21 heavy (non-hydrogen) atoms. The Morgan fingerprint density at radius 3 is 2.62 bits per heavy atom. The maximum absolute atomic E-state index is 11.2. The Balaban J connectivity index is 2.25. The van der Waals surface area contributed by atoms with Crippen molar-refractivity contribution in [3.8, 4) is 0 Å². The molecule has 2 aromatic rings. The Morgan fingerprint density at radius 1 is 1.38 bits per heavy atom. The number of hydrogen-bond acceptors (Lipinski definition) is 4. The first-order chi connectivity index (χ1) is 9.81. The summed E-state index contributed by atoms with van der Waals surface area (Å²) in [6, 6.07) is 7.76. The van der Waals surface area contributed by atoms with Crippen molar-refractivity contribution in [1.82, 2.24) is 4.98 Å². The molecule has 1 heterocycles. The fourth-order valence-electron chi connectivity index (χ4n) is 2.08. The first-order valence-corrected chi connectivity index (χ1v) is 7.93. The van der Waals surface area contributed by atoms with Gasteiger partial charge in [-0.1, -0.05) is 55.8 Å². The van der Waals surface area contributed by atoms with Crippen molar-refractivity contribution >= 4 is 34.4 Å². The molecule has 0 aliphatic carbocycles. The van der Waals surface area contributed by atoms with Crippen LogP contribution >= 0.6 is 22.9 Å². The highest BCUT2D eigenvalue weighted by atomic mass is 35.5. The minimum Gasteiger partial charge on any atom is -0.347 e. The molecule has 0 N–H and O–H groups in total. The summed E-state index contributed by atoms with van der Waals surface area (Å²) in [4.78, 5) is 18.6. The second-order valence-corrected chi connectivity index (χ2v) is 7.51. The second kappa shape index (κ2) is 6.16. The number of thiazole rings is 1. The van der Waals surface area contributed by atoms with Crippen LogP contribution < -0.4 is 4.90 Å². The monoisotopic (exact) mass is 322 g/mol. The molecule has 0 unspecified atom stereocenters. The molecular formula is C16H19ClN2OS. The van der Waals surface area contributed by atoms with Crippen LogP contribution in [0.15, 0.2) is 24.3 Å². The van der Waals surface area contributed by atoms with Crippen LogP contribution in [0, 0.1) is 0 Å². The lowest BCUT2D eigenvalue weighted by molar-refractivity contribution is 0.112. The number of halogens is 1. The van der Waals surface area contributed by atoms with E-state index in [-0.39, 0.29) is 5.41 Å². The minimum atomic E-state index is -0.137. The maximum Gasteiger partial charge on any atom is 0.186 e. The third-order valence-corrected chi connectivity index (χ3v) is 4.42. The molecule has 1 aromatic carbocycles. The highest BCUT2D eigenvalue weighted by Crippen LogP contribution is 2.32. The van der Waals surface area contributed by atoms with Gasteiger partial charge in [0.15, 0.2) is 11.4 Å². The normalized spacial score (nSPS) is 11.5. The van der Waals surface area contributed by atoms with Crippen LogP contribution in [0.4, 0.5) is 5.13 Å². The van der Waals surface area contributed by atoms with E-state index in [1.54, 1.807) is 0 Å². The van der Waals surface area contributed by atoms with Crippen LogP contribution in [0.2, 0.25) is 5.02 Å². The van der Waals surface area contributed by atoms with E-state index in [0.717, 1.165) is 27.7 Å². The van der Waals surface area contributed by atoms with E-state index in [1.165, 1.54) is 11.3 Å². The third kappa shape index (κ3) is 3.83. The van der Waals surface area contributed by atoms with Crippen molar-refractivity contribution in [2.45, 2.75) is 32.7 Å². The summed E-state index contributed by atoms with van der Waals surface area (Å²) in [6.45, 7) is 6.90. The largest absolute Gasteiger partial charge is 0.347 e. The first-order valence-electron chi connectivity index (χ1n) is 6.73. The zero-order chi connectivity index (χ0) is 15.6. The summed E-state index contributed by atoms with van der Waals surface area (Å²) in [5.74, 6) is 0. The molecule has 1 aromatic heterocycles. The Hall–Kier alpha value is -1.39. The first kappa shape index (κ1) is 16.0. The minimum absolute atomic E-state index is 0.137. The average molecular weight is 323 g/mol. The number of anilines is 1. The van der Waals surface area contributed by atoms with E-state index < -0.39 is 0 Å². The van der Waals surface area contributed by atoms with Crippen molar-refractivity contribution in [1.29, 1.82) is 0 Å². The standard InChI is InChI=1S/C16H19ClN2OS/c1-16(2,3)14-13(10-20)21-15(18-14)19(4)9-11-6-5-7-12(17)8-11/h5-8,10H,9H2,1-4H3. The fourth-order valence-corrected chi connectivity index (χ4v) is 3.34. The van der Waals surface area contributed by atoms with Crippen molar-refractivity contribution in [3.63, 3.8) is 0 Å². The molecule has 3 nitrogen and oxygen atoms in total. The number of carbonyl (C=O) groups is 1. The zero-order valence-corrected chi connectivity index (χ0v) is 14.3. The average Bonchev–Trinajstić information content (AvgIpc) is 2.82. The Labute approximate surface area is 134 Å². The highest BCUT2D eigenvalue weighted by molar-refractivity contribution is 7.17. The SMILES string of the molecule is CN(Cc1cccc(Cl)c1)c1nc(C(C)(C)C)c(C=O)s1. The summed E-state index contributed by atoms with van der Waals surface area (Å²) >= 11 is 7.44. The smallest absolute Gasteiger partial charge is 0.186 e. The van der Waals surface area contributed by atoms with E-state index in [9.17, 15) is 4.79 Å². The molecule has 0 aliphatic heterocycles. The molecule has 2 rings (SSSR count). The maximum atomic E-state index is 11.2. The summed E-state index contributed by atoms with van der Waals surface area (Å²) in [5, 5.41) is 1.58. The molecule has 0 amide bonds. The summed E-state index contributed by atoms with van der Waals surface area (Å²) in [5.41, 5.74) is 1.84. The summed E-state index contributed by atoms with van der Waals surface area (Å²) in [6.07, 6.45) is 0.898. The van der Waals surface area contributed by atoms with Gasteiger partial charge in [-0.3, -0.25) is 4.79 Å². The van der Waals surface area contributed by atoms with Gasteiger partial charge in [0.05, 0.1) is 10.6 Å². The quantitative estimate of drug-likeness (QED) is 0.775. The van der Waals surface area contributed by atoms with Gasteiger partial charge in [-0.2, -0.15) is 0 Å². The molecule has 0 bridgehead atoms. The van der Waals surface area contributed by atoms with E-state index in [1.807, 2.05) is 36.2 Å². The van der Waals surface area contributed by atoms with Crippen molar-refractivity contribution in [2.75, 3.05) is 11.9 Å². The number of aromatic nitrogens is 1. The lowest BCUT2D eigenvalue weighted by atomic mass is 9.91. The van der Waals surface area contributed by atoms with E-state index in [0.29, 0.717) is 11.4 Å². The van der Waals surface area contributed by atoms with Gasteiger partial charge in [-0.25, -0.2) is 4.98 Å². The lowest BCUT2D eigenvalue weighted by Gasteiger charge is -2.18. The third-order valence-electron chi connectivity index (χ3n) is 3.09. The molecule has 0 aliphatic rings. The van der Waals surface area contributed by atoms with Gasteiger partial charge in [-0.05, 0) is 17.7 Å². The predicted octanol–water partition coefficient (Wildman–Crippen LogP) is 4.54. The highest BCUT2D eigenvalue weighted by Gasteiger charge is 2.24. The van der Waals surface area contributed by atoms with Crippen LogP contribution in [-0.4, -0.2) is 18.3 Å². The number of nitrogens with zero attached hydrogens (tertiary/aromatic N) is 2.